The highest BCUT2D eigenvalue weighted by Gasteiger charge is 2.29. The van der Waals surface area contributed by atoms with Gasteiger partial charge in [0.2, 0.25) is 5.91 Å². The predicted molar refractivity (Wildman–Crippen MR) is 138 cm³/mol. The van der Waals surface area contributed by atoms with E-state index in [4.69, 9.17) is 0 Å². The lowest BCUT2D eigenvalue weighted by Crippen LogP contribution is -2.36. The molecule has 0 unspecified atom stereocenters. The molecule has 2 amide bonds. The zero-order valence-electron chi connectivity index (χ0n) is 20.0. The summed E-state index contributed by atoms with van der Waals surface area (Å²) in [7, 11) is 0. The third kappa shape index (κ3) is 4.64. The summed E-state index contributed by atoms with van der Waals surface area (Å²) >= 11 is 0. The third-order valence-corrected chi connectivity index (χ3v) is 6.72. The maximum atomic E-state index is 14.0. The van der Waals surface area contributed by atoms with Crippen LogP contribution in [-0.4, -0.2) is 47.9 Å². The molecule has 2 aromatic carbocycles. The van der Waals surface area contributed by atoms with Gasteiger partial charge in [-0.3, -0.25) is 9.59 Å². The molecule has 0 saturated carbocycles. The highest BCUT2D eigenvalue weighted by Crippen LogP contribution is 2.41. The van der Waals surface area contributed by atoms with Crippen LogP contribution in [0.2, 0.25) is 0 Å². The van der Waals surface area contributed by atoms with Crippen molar-refractivity contribution in [1.29, 1.82) is 0 Å². The zero-order valence-corrected chi connectivity index (χ0v) is 20.0. The number of nitrogens with one attached hydrogen (secondary N) is 2. The number of rotatable bonds is 6. The average molecular weight is 473 g/mol. The summed E-state index contributed by atoms with van der Waals surface area (Å²) in [5.74, 6) is -0.603. The molecule has 0 radical (unpaired) electrons. The number of aromatic nitrogens is 1. The van der Waals surface area contributed by atoms with Crippen molar-refractivity contribution in [2.75, 3.05) is 36.4 Å². The van der Waals surface area contributed by atoms with Crippen molar-refractivity contribution >= 4 is 34.8 Å². The molecule has 180 valence electrons. The Kier molecular flexibility index (Phi) is 6.26. The number of hydrogen-bond acceptors (Lipinski definition) is 3. The first-order chi connectivity index (χ1) is 16.9. The minimum absolute atomic E-state index is 0.0421. The Labute approximate surface area is 204 Å². The van der Waals surface area contributed by atoms with Gasteiger partial charge in [0.05, 0.1) is 17.0 Å². The van der Waals surface area contributed by atoms with Crippen molar-refractivity contribution in [1.82, 2.24) is 9.88 Å². The van der Waals surface area contributed by atoms with Gasteiger partial charge in [-0.15, -0.1) is 0 Å². The zero-order chi connectivity index (χ0) is 24.5. The van der Waals surface area contributed by atoms with E-state index in [-0.39, 0.29) is 17.6 Å². The van der Waals surface area contributed by atoms with Crippen LogP contribution in [0, 0.1) is 12.7 Å². The number of anilines is 2. The minimum Gasteiger partial charge on any atom is -0.357 e. The highest BCUT2D eigenvalue weighted by molar-refractivity contribution is 6.36. The van der Waals surface area contributed by atoms with Gasteiger partial charge in [-0.05, 0) is 74.3 Å². The van der Waals surface area contributed by atoms with Gasteiger partial charge in [-0.1, -0.05) is 24.3 Å². The number of H-pyrrole nitrogens is 1. The summed E-state index contributed by atoms with van der Waals surface area (Å²) in [5, 5.41) is 2.93. The summed E-state index contributed by atoms with van der Waals surface area (Å²) in [4.78, 5) is 33.2. The molecule has 3 heterocycles. The van der Waals surface area contributed by atoms with Gasteiger partial charge in [0.15, 0.2) is 0 Å². The van der Waals surface area contributed by atoms with Crippen molar-refractivity contribution in [2.45, 2.75) is 26.7 Å². The van der Waals surface area contributed by atoms with E-state index in [0.717, 1.165) is 42.1 Å². The number of aryl methyl sites for hydroxylation is 1. The molecule has 2 aliphatic rings. The Balaban J connectivity index is 1.55. The molecule has 3 aromatic rings. The summed E-state index contributed by atoms with van der Waals surface area (Å²) in [6.07, 6.45) is 4.20. The Morgan fingerprint density at radius 1 is 1.14 bits per heavy atom. The molecule has 2 aliphatic heterocycles. The maximum absolute atomic E-state index is 14.0. The van der Waals surface area contributed by atoms with E-state index in [1.807, 2.05) is 37.3 Å². The number of amides is 2. The van der Waals surface area contributed by atoms with Gasteiger partial charge in [0, 0.05) is 37.0 Å². The fourth-order valence-electron chi connectivity index (χ4n) is 5.05. The molecule has 2 N–H and O–H groups in total. The summed E-state index contributed by atoms with van der Waals surface area (Å²) in [5.41, 5.74) is 5.72. The second-order valence-electron chi connectivity index (χ2n) is 9.22. The monoisotopic (exact) mass is 472 g/mol. The molecule has 5 rings (SSSR count). The molecule has 7 heteroatoms. The second-order valence-corrected chi connectivity index (χ2v) is 9.22. The fourth-order valence-corrected chi connectivity index (χ4v) is 5.05. The van der Waals surface area contributed by atoms with E-state index in [1.165, 1.54) is 25.0 Å². The number of fused-ring (bicyclic) bond motifs is 1. The first kappa shape index (κ1) is 23.1. The van der Waals surface area contributed by atoms with Gasteiger partial charge in [-0.2, -0.15) is 0 Å². The first-order valence-corrected chi connectivity index (χ1v) is 12.0. The van der Waals surface area contributed by atoms with Crippen LogP contribution < -0.4 is 10.2 Å². The van der Waals surface area contributed by atoms with E-state index in [1.54, 1.807) is 24.0 Å². The number of carbonyl (C=O) groups excluding carboxylic acids is 2. The molecular formula is C28H29FN4O2. The molecule has 0 spiro atoms. The number of halogens is 1. The van der Waals surface area contributed by atoms with Crippen LogP contribution in [0.25, 0.3) is 22.8 Å². The lowest BCUT2D eigenvalue weighted by atomic mass is 9.94. The molecule has 6 nitrogen and oxygen atoms in total. The van der Waals surface area contributed by atoms with Crippen LogP contribution in [0.5, 0.6) is 0 Å². The summed E-state index contributed by atoms with van der Waals surface area (Å²) in [6, 6.07) is 13.9. The van der Waals surface area contributed by atoms with Crippen molar-refractivity contribution in [3.63, 3.8) is 0 Å². The van der Waals surface area contributed by atoms with Crippen LogP contribution >= 0.6 is 0 Å². The highest BCUT2D eigenvalue weighted by atomic mass is 19.1. The molecular weight excluding hydrogens is 443 g/mol. The predicted octanol–water partition coefficient (Wildman–Crippen LogP) is 5.07. The number of likely N-dealkylation sites (tertiary alicyclic amines) is 1. The smallest absolute Gasteiger partial charge is 0.256 e. The Bertz CT molecular complexity index is 1320. The van der Waals surface area contributed by atoms with Gasteiger partial charge in [-0.25, -0.2) is 4.39 Å². The molecule has 0 bridgehead atoms. The lowest BCUT2D eigenvalue weighted by molar-refractivity contribution is -0.116. The average Bonchev–Trinajstić information content (AvgIpc) is 3.54. The molecule has 0 aliphatic carbocycles. The van der Waals surface area contributed by atoms with Crippen molar-refractivity contribution < 1.29 is 14.0 Å². The van der Waals surface area contributed by atoms with Gasteiger partial charge < -0.3 is 20.1 Å². The van der Waals surface area contributed by atoms with Crippen LogP contribution in [0.3, 0.4) is 0 Å². The Morgan fingerprint density at radius 3 is 2.66 bits per heavy atom. The molecule has 1 fully saturated rings. The lowest BCUT2D eigenvalue weighted by Gasteiger charge is -2.24. The summed E-state index contributed by atoms with van der Waals surface area (Å²) < 4.78 is 14.0. The van der Waals surface area contributed by atoms with Gasteiger partial charge in [0.25, 0.3) is 5.91 Å². The number of benzene rings is 2. The normalized spacial score (nSPS) is 16.5. The summed E-state index contributed by atoms with van der Waals surface area (Å²) in [6.45, 7) is 7.03. The number of nitrogens with zero attached hydrogens (tertiary/aromatic N) is 2. The fraction of sp³-hybridized carbons (Fsp3) is 0.286. The van der Waals surface area contributed by atoms with Crippen LogP contribution in [0.15, 0.2) is 48.5 Å². The van der Waals surface area contributed by atoms with E-state index in [2.05, 4.69) is 15.2 Å². The number of hydrogen-bond donors (Lipinski definition) is 2. The van der Waals surface area contributed by atoms with E-state index in [0.29, 0.717) is 29.1 Å². The molecule has 35 heavy (non-hydrogen) atoms. The van der Waals surface area contributed by atoms with Crippen LogP contribution in [0.1, 0.15) is 36.7 Å². The van der Waals surface area contributed by atoms with Crippen molar-refractivity contribution in [3.05, 3.63) is 71.3 Å². The van der Waals surface area contributed by atoms with E-state index >= 15 is 0 Å². The van der Waals surface area contributed by atoms with Crippen molar-refractivity contribution in [3.8, 4) is 11.1 Å². The Morgan fingerprint density at radius 2 is 1.91 bits per heavy atom. The van der Waals surface area contributed by atoms with Crippen LogP contribution in [-0.2, 0) is 9.59 Å². The van der Waals surface area contributed by atoms with E-state index < -0.39 is 0 Å². The molecule has 1 aromatic heterocycles. The Hall–Kier alpha value is -3.71. The quantitative estimate of drug-likeness (QED) is 0.492. The second kappa shape index (κ2) is 9.50. The SMILES string of the molecule is CC(=O)N(CCN1CCCC1)c1cc(C)[nH]c1/C=C1\C(=O)Nc2cccc(-c3cccc(F)c3)c21. The van der Waals surface area contributed by atoms with Gasteiger partial charge >= 0.3 is 0 Å². The topological polar surface area (TPSA) is 68.4 Å². The largest absolute Gasteiger partial charge is 0.357 e. The van der Waals surface area contributed by atoms with Gasteiger partial charge in [0.1, 0.15) is 5.82 Å². The van der Waals surface area contributed by atoms with Crippen molar-refractivity contribution in [2.24, 2.45) is 0 Å². The molecule has 1 saturated heterocycles. The van der Waals surface area contributed by atoms with E-state index in [9.17, 15) is 14.0 Å². The minimum atomic E-state index is -0.333. The first-order valence-electron chi connectivity index (χ1n) is 12.0. The standard InChI is InChI=1S/C28H29FN4O2/c1-18-15-26(33(19(2)34)14-13-32-11-3-4-12-32)25(30-18)17-23-27-22(20-7-5-8-21(29)16-20)9-6-10-24(27)31-28(23)35/h5-10,15-17,30H,3-4,11-14H2,1-2H3,(H,31,35)/b23-17-. The molecule has 0 atom stereocenters. The third-order valence-electron chi connectivity index (χ3n) is 6.72. The number of carbonyl (C=O) groups is 2. The van der Waals surface area contributed by atoms with Crippen LogP contribution in [0.4, 0.5) is 15.8 Å². The number of aromatic amines is 1. The maximum Gasteiger partial charge on any atom is 0.256 e.